The van der Waals surface area contributed by atoms with Crippen LogP contribution in [0.3, 0.4) is 0 Å². The summed E-state index contributed by atoms with van der Waals surface area (Å²) in [5.41, 5.74) is -4.58. The van der Waals surface area contributed by atoms with E-state index in [0.29, 0.717) is 28.2 Å². The van der Waals surface area contributed by atoms with E-state index in [1.165, 1.54) is 21.3 Å². The molecule has 0 saturated carbocycles. The molecule has 1 aliphatic rings. The normalized spacial score (nSPS) is 19.8. The fourth-order valence-electron chi connectivity index (χ4n) is 7.19. The average Bonchev–Trinajstić information content (AvgIpc) is 3.52. The maximum atomic E-state index is 14.6. The van der Waals surface area contributed by atoms with Crippen molar-refractivity contribution < 1.29 is 50.7 Å². The lowest BCUT2D eigenvalue weighted by Crippen LogP contribution is -2.63. The molecular formula is C42H49F3N5O10P. The molecule has 4 aromatic rings. The lowest BCUT2D eigenvalue weighted by molar-refractivity contribution is -0.203. The van der Waals surface area contributed by atoms with Crippen molar-refractivity contribution in [2.24, 2.45) is 0 Å². The zero-order chi connectivity index (χ0) is 44.5. The topological polar surface area (TPSA) is 176 Å². The molecule has 2 N–H and O–H groups in total. The second-order valence-electron chi connectivity index (χ2n) is 14.4. The van der Waals surface area contributed by atoms with Crippen LogP contribution in [0.2, 0.25) is 0 Å². The van der Waals surface area contributed by atoms with Gasteiger partial charge in [0, 0.05) is 31.5 Å². The van der Waals surface area contributed by atoms with E-state index in [9.17, 15) is 32.8 Å². The summed E-state index contributed by atoms with van der Waals surface area (Å²) in [5.74, 6) is -1.42. The van der Waals surface area contributed by atoms with Crippen molar-refractivity contribution in [3.63, 3.8) is 0 Å². The van der Waals surface area contributed by atoms with E-state index >= 15 is 0 Å². The summed E-state index contributed by atoms with van der Waals surface area (Å²) in [6, 6.07) is 25.0. The third-order valence-electron chi connectivity index (χ3n) is 9.89. The van der Waals surface area contributed by atoms with Crippen molar-refractivity contribution in [1.29, 1.82) is 5.26 Å². The minimum atomic E-state index is -5.46. The third kappa shape index (κ3) is 10.3. The first-order chi connectivity index (χ1) is 29.0. The number of nitriles is 1. The molecule has 328 valence electrons. The Bertz CT molecular complexity index is 2160. The minimum absolute atomic E-state index is 0.0567. The van der Waals surface area contributed by atoms with E-state index in [4.69, 9.17) is 32.7 Å². The van der Waals surface area contributed by atoms with Crippen LogP contribution in [0.1, 0.15) is 57.0 Å². The van der Waals surface area contributed by atoms with Crippen LogP contribution in [0.15, 0.2) is 101 Å². The molecule has 1 aromatic heterocycles. The van der Waals surface area contributed by atoms with Crippen LogP contribution in [-0.2, 0) is 33.7 Å². The first kappa shape index (κ1) is 46.9. The zero-order valence-corrected chi connectivity index (χ0v) is 35.6. The van der Waals surface area contributed by atoms with Crippen LogP contribution in [0, 0.1) is 11.3 Å². The van der Waals surface area contributed by atoms with Crippen LogP contribution in [0.4, 0.5) is 13.2 Å². The van der Waals surface area contributed by atoms with Gasteiger partial charge in [-0.15, -0.1) is 0 Å². The van der Waals surface area contributed by atoms with Gasteiger partial charge in [-0.05, 0) is 68.7 Å². The van der Waals surface area contributed by atoms with Gasteiger partial charge in [-0.3, -0.25) is 19.1 Å². The van der Waals surface area contributed by atoms with Crippen molar-refractivity contribution in [2.45, 2.75) is 82.1 Å². The van der Waals surface area contributed by atoms with E-state index in [0.717, 1.165) is 16.8 Å². The van der Waals surface area contributed by atoms with Gasteiger partial charge in [-0.1, -0.05) is 54.6 Å². The fraction of sp³-hybridized carbons (Fsp3) is 0.429. The fourth-order valence-corrected chi connectivity index (χ4v) is 8.98. The SMILES string of the molecule is COc1ccc(C(OC[C@@]2(NC(=O)C(F)(F)F)O[C@@H](n3ccc(=O)[nH]c3=O)[C@H](OC)[C@@H]2OP(OCCC#N)N(C(C)C)C(C)C)(c2ccccc2)c2ccc(OC)cc2)cc1. The minimum Gasteiger partial charge on any atom is -0.497 e. The Morgan fingerprint density at radius 2 is 1.48 bits per heavy atom. The van der Waals surface area contributed by atoms with Gasteiger partial charge in [0.2, 0.25) is 0 Å². The number of rotatable bonds is 19. The van der Waals surface area contributed by atoms with Gasteiger partial charge in [-0.25, -0.2) is 9.46 Å². The molecule has 0 spiro atoms. The molecule has 5 rings (SSSR count). The third-order valence-corrected chi connectivity index (χ3v) is 12.0. The number of H-pyrrole nitrogens is 1. The Morgan fingerprint density at radius 1 is 0.918 bits per heavy atom. The van der Waals surface area contributed by atoms with Gasteiger partial charge < -0.3 is 38.0 Å². The summed E-state index contributed by atoms with van der Waals surface area (Å²) in [6.45, 7) is 6.39. The summed E-state index contributed by atoms with van der Waals surface area (Å²) < 4.78 is 89.8. The number of aromatic nitrogens is 2. The predicted octanol–water partition coefficient (Wildman–Crippen LogP) is 6.14. The predicted molar refractivity (Wildman–Crippen MR) is 218 cm³/mol. The van der Waals surface area contributed by atoms with Crippen LogP contribution in [0.5, 0.6) is 11.5 Å². The van der Waals surface area contributed by atoms with E-state index < -0.39 is 68.2 Å². The number of hydrogen-bond acceptors (Lipinski definition) is 12. The summed E-state index contributed by atoms with van der Waals surface area (Å²) in [6.07, 6.45) is -9.32. The van der Waals surface area contributed by atoms with Gasteiger partial charge in [-0.2, -0.15) is 18.4 Å². The summed E-state index contributed by atoms with van der Waals surface area (Å²) in [7, 11) is 1.93. The molecule has 3 aromatic carbocycles. The monoisotopic (exact) mass is 871 g/mol. The van der Waals surface area contributed by atoms with Crippen molar-refractivity contribution in [3.05, 3.63) is 129 Å². The van der Waals surface area contributed by atoms with Crippen LogP contribution in [-0.4, -0.2) is 90.9 Å². The molecule has 1 saturated heterocycles. The molecule has 61 heavy (non-hydrogen) atoms. The standard InChI is InChI=1S/C42H49F3N5O10P/c1-27(2)50(28(3)4)61(58-25-11-23-46)60-36-35(56-7)37(49-24-22-34(51)47-39(49)53)59-40(36,48-38(52)42(43,44)45)26-57-41(29-12-9-8-10-13-29,30-14-18-32(54-5)19-15-30)31-16-20-33(55-6)21-17-31/h8-10,12-22,24,27-28,35-37H,11,25-26H2,1-7H3,(H,48,52)(H,47,51,53)/t35-,36+,37-,40-,61?/m1/s1. The first-order valence-corrected chi connectivity index (χ1v) is 20.3. The lowest BCUT2D eigenvalue weighted by Gasteiger charge is -2.43. The largest absolute Gasteiger partial charge is 0.497 e. The number of nitrogens with one attached hydrogen (secondary N) is 2. The number of halogens is 3. The number of nitrogens with zero attached hydrogens (tertiary/aromatic N) is 3. The molecule has 1 aliphatic heterocycles. The van der Waals surface area contributed by atoms with Crippen molar-refractivity contribution in [1.82, 2.24) is 19.5 Å². The molecule has 0 bridgehead atoms. The molecular weight excluding hydrogens is 822 g/mol. The number of alkyl halides is 3. The van der Waals surface area contributed by atoms with E-state index in [2.05, 4.69) is 10.3 Å². The van der Waals surface area contributed by atoms with Crippen LogP contribution < -0.4 is 26.0 Å². The Kier molecular flexibility index (Phi) is 15.5. The Morgan fingerprint density at radius 3 is 1.95 bits per heavy atom. The van der Waals surface area contributed by atoms with Crippen molar-refractivity contribution in [3.8, 4) is 17.6 Å². The Balaban J connectivity index is 1.82. The molecule has 5 atom stereocenters. The van der Waals surface area contributed by atoms with Crippen molar-refractivity contribution >= 4 is 14.4 Å². The number of ether oxygens (including phenoxy) is 5. The molecule has 2 heterocycles. The maximum Gasteiger partial charge on any atom is 0.471 e. The lowest BCUT2D eigenvalue weighted by atomic mass is 9.80. The summed E-state index contributed by atoms with van der Waals surface area (Å²) in [5, 5.41) is 11.4. The van der Waals surface area contributed by atoms with E-state index in [1.54, 1.807) is 78.9 Å². The first-order valence-electron chi connectivity index (χ1n) is 19.2. The maximum absolute atomic E-state index is 14.6. The molecule has 1 amide bonds. The van der Waals surface area contributed by atoms with Crippen molar-refractivity contribution in [2.75, 3.05) is 34.5 Å². The zero-order valence-electron chi connectivity index (χ0n) is 34.7. The molecule has 0 radical (unpaired) electrons. The second kappa shape index (κ2) is 20.2. The summed E-state index contributed by atoms with van der Waals surface area (Å²) in [4.78, 5) is 41.1. The second-order valence-corrected chi connectivity index (χ2v) is 15.8. The number of benzene rings is 3. The van der Waals surface area contributed by atoms with Crippen LogP contribution >= 0.6 is 8.53 Å². The number of hydrogen-bond donors (Lipinski definition) is 2. The number of amides is 1. The number of methoxy groups -OCH3 is 3. The Labute approximate surface area is 352 Å². The smallest absolute Gasteiger partial charge is 0.471 e. The molecule has 19 heteroatoms. The highest BCUT2D eigenvalue weighted by molar-refractivity contribution is 7.44. The van der Waals surface area contributed by atoms with Gasteiger partial charge in [0.15, 0.2) is 12.0 Å². The van der Waals surface area contributed by atoms with Gasteiger partial charge >= 0.3 is 17.8 Å². The molecule has 1 fully saturated rings. The highest BCUT2D eigenvalue weighted by Crippen LogP contribution is 2.53. The Hall–Kier alpha value is -5.12. The molecule has 0 aliphatic carbocycles. The highest BCUT2D eigenvalue weighted by atomic mass is 31.2. The molecule has 15 nitrogen and oxygen atoms in total. The summed E-state index contributed by atoms with van der Waals surface area (Å²) >= 11 is 0. The van der Waals surface area contributed by atoms with Crippen LogP contribution in [0.25, 0.3) is 0 Å². The quantitative estimate of drug-likeness (QED) is 0.0627. The highest BCUT2D eigenvalue weighted by Gasteiger charge is 2.63. The van der Waals surface area contributed by atoms with Gasteiger partial charge in [0.05, 0.1) is 39.9 Å². The van der Waals surface area contributed by atoms with E-state index in [1.807, 2.05) is 38.4 Å². The number of carbonyl (C=O) groups excluding carboxylic acids is 1. The van der Waals surface area contributed by atoms with E-state index in [-0.39, 0.29) is 25.1 Å². The van der Waals surface area contributed by atoms with Gasteiger partial charge in [0.1, 0.15) is 29.3 Å². The molecule has 1 unspecified atom stereocenters. The van der Waals surface area contributed by atoms with Gasteiger partial charge in [0.25, 0.3) is 14.1 Å². The number of carbonyl (C=O) groups is 1. The number of aromatic amines is 1. The average molecular weight is 872 g/mol.